The largest absolute Gasteiger partial charge is 0.390 e. The van der Waals surface area contributed by atoms with Gasteiger partial charge in [0, 0.05) is 6.92 Å². The van der Waals surface area contributed by atoms with Gasteiger partial charge < -0.3 is 4.74 Å². The van der Waals surface area contributed by atoms with Gasteiger partial charge in [-0.3, -0.25) is 4.79 Å². The van der Waals surface area contributed by atoms with Crippen LogP contribution in [0.25, 0.3) is 0 Å². The number of carbonyl (C=O) groups excluding carboxylic acids is 2. The smallest absolute Gasteiger partial charge is 0.346 e. The molecule has 16 heavy (non-hydrogen) atoms. The number of hydrogen-bond acceptors (Lipinski definition) is 3. The molecule has 0 fully saturated rings. The molecule has 0 aliphatic heterocycles. The number of ether oxygens (including phenoxy) is 1. The summed E-state index contributed by atoms with van der Waals surface area (Å²) in [5, 5.41) is 0. The summed E-state index contributed by atoms with van der Waals surface area (Å²) in [5.74, 6) is -1.33. The lowest BCUT2D eigenvalue weighted by Crippen LogP contribution is -2.11. The Bertz CT molecular complexity index is 298. The lowest BCUT2D eigenvalue weighted by Gasteiger charge is -2.02. The number of carbonyl (C=O) groups is 2. The summed E-state index contributed by atoms with van der Waals surface area (Å²) in [6.07, 6.45) is 4.08. The summed E-state index contributed by atoms with van der Waals surface area (Å²) >= 11 is 0. The van der Waals surface area contributed by atoms with Crippen LogP contribution in [0.4, 0.5) is 0 Å². The molecule has 3 heteroatoms. The zero-order valence-electron chi connectivity index (χ0n) is 10.5. The van der Waals surface area contributed by atoms with Gasteiger partial charge in [0.05, 0.1) is 5.57 Å². The number of esters is 2. The molecule has 0 N–H and O–H groups in total. The van der Waals surface area contributed by atoms with Gasteiger partial charge in [-0.15, -0.1) is 0 Å². The predicted octanol–water partition coefficient (Wildman–Crippen LogP) is 3.18. The minimum Gasteiger partial charge on any atom is -0.390 e. The molecule has 0 unspecified atom stereocenters. The molecule has 0 saturated carbocycles. The van der Waals surface area contributed by atoms with Crippen LogP contribution in [0.1, 0.15) is 34.1 Å². The maximum Gasteiger partial charge on any atom is 0.346 e. The Morgan fingerprint density at radius 1 is 1.12 bits per heavy atom. The van der Waals surface area contributed by atoms with Crippen LogP contribution >= 0.6 is 0 Å². The Labute approximate surface area is 97.5 Å². The van der Waals surface area contributed by atoms with Gasteiger partial charge in [-0.25, -0.2) is 4.79 Å². The van der Waals surface area contributed by atoms with Crippen molar-refractivity contribution in [1.82, 2.24) is 0 Å². The molecule has 0 rings (SSSR count). The van der Waals surface area contributed by atoms with Crippen LogP contribution < -0.4 is 0 Å². The lowest BCUT2D eigenvalue weighted by molar-refractivity contribution is -0.154. The summed E-state index contributed by atoms with van der Waals surface area (Å²) in [5.41, 5.74) is 0.881. The predicted molar refractivity (Wildman–Crippen MR) is 65.8 cm³/mol. The summed E-state index contributed by atoms with van der Waals surface area (Å²) in [4.78, 5) is 21.6. The van der Waals surface area contributed by atoms with E-state index in [1.165, 1.54) is 25.5 Å². The van der Waals surface area contributed by atoms with Gasteiger partial charge in [0.15, 0.2) is 0 Å². The quantitative estimate of drug-likeness (QED) is 0.320. The van der Waals surface area contributed by atoms with Gasteiger partial charge in [0.2, 0.25) is 0 Å². The van der Waals surface area contributed by atoms with Crippen LogP contribution in [-0.4, -0.2) is 11.9 Å². The van der Waals surface area contributed by atoms with Crippen molar-refractivity contribution in [3.05, 3.63) is 36.5 Å². The van der Waals surface area contributed by atoms with Gasteiger partial charge in [-0.05, 0) is 12.5 Å². The Kier molecular flexibility index (Phi) is 10.4. The van der Waals surface area contributed by atoms with Crippen molar-refractivity contribution < 1.29 is 14.3 Å². The fourth-order valence-corrected chi connectivity index (χ4v) is 0.701. The third-order valence-corrected chi connectivity index (χ3v) is 1.39. The highest BCUT2D eigenvalue weighted by atomic mass is 16.6. The van der Waals surface area contributed by atoms with Crippen LogP contribution in [0.2, 0.25) is 0 Å². The second-order valence-corrected chi connectivity index (χ2v) is 3.09. The highest BCUT2D eigenvalue weighted by molar-refractivity contribution is 5.98. The fourth-order valence-electron chi connectivity index (χ4n) is 0.701. The van der Waals surface area contributed by atoms with Crippen molar-refractivity contribution in [3.63, 3.8) is 0 Å². The van der Waals surface area contributed by atoms with Crippen LogP contribution in [0.5, 0.6) is 0 Å². The first-order valence-corrected chi connectivity index (χ1v) is 5.12. The lowest BCUT2D eigenvalue weighted by atomic mass is 10.1. The van der Waals surface area contributed by atoms with Crippen molar-refractivity contribution >= 4 is 11.9 Å². The SMILES string of the molecule is C=C/C(C)=C(\C=C)C(=O)OC(C)=O.CCC. The molecule has 0 spiro atoms. The second-order valence-electron chi connectivity index (χ2n) is 3.09. The van der Waals surface area contributed by atoms with E-state index in [1.807, 2.05) is 0 Å². The standard InChI is InChI=1S/C10H12O3.C3H8/c1-5-7(3)9(6-2)10(12)13-8(4)11;1-3-2/h5-6H,1-2H2,3-4H3;3H2,1-2H3/b9-7+;. The molecule has 0 amide bonds. The Morgan fingerprint density at radius 2 is 1.56 bits per heavy atom. The second kappa shape index (κ2) is 9.90. The Balaban J connectivity index is 0. The number of rotatable bonds is 3. The van der Waals surface area contributed by atoms with Gasteiger partial charge in [-0.2, -0.15) is 0 Å². The summed E-state index contributed by atoms with van der Waals surface area (Å²) in [6.45, 7) is 14.0. The van der Waals surface area contributed by atoms with Crippen molar-refractivity contribution in [1.29, 1.82) is 0 Å². The van der Waals surface area contributed by atoms with Crippen LogP contribution in [0.3, 0.4) is 0 Å². The van der Waals surface area contributed by atoms with Gasteiger partial charge >= 0.3 is 11.9 Å². The minimum atomic E-state index is -0.695. The van der Waals surface area contributed by atoms with Crippen molar-refractivity contribution in [3.8, 4) is 0 Å². The maximum absolute atomic E-state index is 11.2. The van der Waals surface area contributed by atoms with Gasteiger partial charge in [-0.1, -0.05) is 45.6 Å². The van der Waals surface area contributed by atoms with E-state index in [4.69, 9.17) is 0 Å². The summed E-state index contributed by atoms with van der Waals surface area (Å²) < 4.78 is 4.37. The summed E-state index contributed by atoms with van der Waals surface area (Å²) in [7, 11) is 0. The third kappa shape index (κ3) is 7.74. The average molecular weight is 224 g/mol. The fraction of sp³-hybridized carbons (Fsp3) is 0.385. The molecular formula is C13H20O3. The Morgan fingerprint density at radius 3 is 1.81 bits per heavy atom. The molecule has 0 atom stereocenters. The van der Waals surface area contributed by atoms with Crippen LogP contribution in [0, 0.1) is 0 Å². The van der Waals surface area contributed by atoms with Crippen molar-refractivity contribution in [2.75, 3.05) is 0 Å². The molecule has 0 aromatic rings. The monoisotopic (exact) mass is 224 g/mol. The van der Waals surface area contributed by atoms with E-state index in [1.54, 1.807) is 6.92 Å². The van der Waals surface area contributed by atoms with Gasteiger partial charge in [0.1, 0.15) is 0 Å². The van der Waals surface area contributed by atoms with E-state index in [0.29, 0.717) is 5.57 Å². The first kappa shape index (κ1) is 16.8. The molecule has 90 valence electrons. The first-order chi connectivity index (χ1) is 7.44. The highest BCUT2D eigenvalue weighted by Crippen LogP contribution is 2.08. The topological polar surface area (TPSA) is 43.4 Å². The number of allylic oxidation sites excluding steroid dienone is 2. The molecule has 0 aromatic heterocycles. The molecule has 0 aliphatic rings. The van der Waals surface area contributed by atoms with Gasteiger partial charge in [0.25, 0.3) is 0 Å². The zero-order valence-corrected chi connectivity index (χ0v) is 10.5. The van der Waals surface area contributed by atoms with E-state index in [2.05, 4.69) is 31.7 Å². The molecule has 0 radical (unpaired) electrons. The third-order valence-electron chi connectivity index (χ3n) is 1.39. The van der Waals surface area contributed by atoms with E-state index >= 15 is 0 Å². The average Bonchev–Trinajstić information content (AvgIpc) is 2.18. The minimum absolute atomic E-state index is 0.255. The van der Waals surface area contributed by atoms with Crippen LogP contribution in [-0.2, 0) is 14.3 Å². The Hall–Kier alpha value is -1.64. The van der Waals surface area contributed by atoms with E-state index in [-0.39, 0.29) is 5.57 Å². The van der Waals surface area contributed by atoms with E-state index < -0.39 is 11.9 Å². The van der Waals surface area contributed by atoms with Crippen molar-refractivity contribution in [2.24, 2.45) is 0 Å². The van der Waals surface area contributed by atoms with Crippen LogP contribution in [0.15, 0.2) is 36.5 Å². The zero-order chi connectivity index (χ0) is 13.1. The summed E-state index contributed by atoms with van der Waals surface area (Å²) in [6, 6.07) is 0. The maximum atomic E-state index is 11.2. The molecule has 0 saturated heterocycles. The molecule has 0 aliphatic carbocycles. The molecule has 0 bridgehead atoms. The number of hydrogen-bond donors (Lipinski definition) is 0. The van der Waals surface area contributed by atoms with E-state index in [0.717, 1.165) is 0 Å². The first-order valence-electron chi connectivity index (χ1n) is 5.12. The molecule has 0 heterocycles. The highest BCUT2D eigenvalue weighted by Gasteiger charge is 2.11. The van der Waals surface area contributed by atoms with Crippen molar-refractivity contribution in [2.45, 2.75) is 34.1 Å². The molecular weight excluding hydrogens is 204 g/mol. The van der Waals surface area contributed by atoms with E-state index in [9.17, 15) is 9.59 Å². The normalized spacial score (nSPS) is 10.2. The molecule has 3 nitrogen and oxygen atoms in total. The molecule has 0 aromatic carbocycles.